The molecule has 6 nitrogen and oxygen atoms in total. The Morgan fingerprint density at radius 3 is 2.90 bits per heavy atom. The van der Waals surface area contributed by atoms with Crippen molar-refractivity contribution in [3.05, 3.63) is 57.6 Å². The quantitative estimate of drug-likeness (QED) is 0.656. The number of benzene rings is 1. The average molecular weight is 270 g/mol. The first-order chi connectivity index (χ1) is 9.65. The summed E-state index contributed by atoms with van der Waals surface area (Å²) in [6, 6.07) is 11.0. The third-order valence-electron chi connectivity index (χ3n) is 3.57. The van der Waals surface area contributed by atoms with E-state index >= 15 is 0 Å². The third-order valence-corrected chi connectivity index (χ3v) is 3.57. The van der Waals surface area contributed by atoms with Gasteiger partial charge in [-0.1, -0.05) is 24.3 Å². The maximum Gasteiger partial charge on any atom is 0.311 e. The molecule has 0 radical (unpaired) electrons. The first-order valence-corrected chi connectivity index (χ1v) is 6.37. The van der Waals surface area contributed by atoms with Gasteiger partial charge in [-0.25, -0.2) is 4.98 Å². The molecule has 0 aliphatic heterocycles. The van der Waals surface area contributed by atoms with Crippen molar-refractivity contribution in [2.45, 2.75) is 12.3 Å². The lowest BCUT2D eigenvalue weighted by Gasteiger charge is -2.30. The largest absolute Gasteiger partial charge is 0.384 e. The Kier molecular flexibility index (Phi) is 2.98. The van der Waals surface area contributed by atoms with Crippen molar-refractivity contribution in [2.24, 2.45) is 0 Å². The van der Waals surface area contributed by atoms with Crippen molar-refractivity contribution in [1.29, 1.82) is 0 Å². The van der Waals surface area contributed by atoms with Crippen molar-refractivity contribution in [2.75, 3.05) is 17.6 Å². The summed E-state index contributed by atoms with van der Waals surface area (Å²) >= 11 is 0. The molecule has 0 amide bonds. The first-order valence-electron chi connectivity index (χ1n) is 6.37. The van der Waals surface area contributed by atoms with Gasteiger partial charge in [0.25, 0.3) is 0 Å². The molecule has 3 N–H and O–H groups in total. The van der Waals surface area contributed by atoms with Crippen LogP contribution >= 0.6 is 0 Å². The number of pyridine rings is 1. The van der Waals surface area contributed by atoms with Crippen LogP contribution in [0.1, 0.15) is 17.0 Å². The molecule has 1 aliphatic rings. The number of hydrogen-bond acceptors (Lipinski definition) is 5. The van der Waals surface area contributed by atoms with Crippen LogP contribution in [0.25, 0.3) is 0 Å². The van der Waals surface area contributed by atoms with Gasteiger partial charge in [-0.2, -0.15) is 0 Å². The second-order valence-electron chi connectivity index (χ2n) is 4.84. The minimum absolute atomic E-state index is 0.0493. The number of nitrogens with two attached hydrogens (primary N) is 1. The lowest BCUT2D eigenvalue weighted by atomic mass is 9.77. The van der Waals surface area contributed by atoms with Gasteiger partial charge in [-0.05, 0) is 23.6 Å². The molecule has 0 spiro atoms. The summed E-state index contributed by atoms with van der Waals surface area (Å²) < 4.78 is 0. The Labute approximate surface area is 115 Å². The monoisotopic (exact) mass is 270 g/mol. The van der Waals surface area contributed by atoms with Crippen LogP contribution in [0.2, 0.25) is 0 Å². The SMILES string of the molecule is Nc1ccc([N+](=O)[O-])c(NCC2Cc3ccccc32)n1. The zero-order valence-electron chi connectivity index (χ0n) is 10.7. The van der Waals surface area contributed by atoms with Gasteiger partial charge in [0.1, 0.15) is 5.82 Å². The minimum atomic E-state index is -0.455. The Hall–Kier alpha value is -2.63. The number of hydrogen-bond donors (Lipinski definition) is 2. The van der Waals surface area contributed by atoms with Gasteiger partial charge in [-0.3, -0.25) is 10.1 Å². The zero-order chi connectivity index (χ0) is 14.1. The number of aromatic nitrogens is 1. The molecule has 1 atom stereocenters. The fourth-order valence-corrected chi connectivity index (χ4v) is 2.51. The van der Waals surface area contributed by atoms with Crippen LogP contribution in [0.5, 0.6) is 0 Å². The molecule has 102 valence electrons. The number of nitrogen functional groups attached to an aromatic ring is 1. The molecule has 1 heterocycles. The van der Waals surface area contributed by atoms with Crippen LogP contribution in [0.4, 0.5) is 17.3 Å². The number of nitrogens with zero attached hydrogens (tertiary/aromatic N) is 2. The van der Waals surface area contributed by atoms with Gasteiger partial charge < -0.3 is 11.1 Å². The summed E-state index contributed by atoms with van der Waals surface area (Å²) in [5, 5.41) is 14.0. The Bertz CT molecular complexity index is 672. The molecule has 3 rings (SSSR count). The summed E-state index contributed by atoms with van der Waals surface area (Å²) in [6.07, 6.45) is 0.985. The predicted octanol–water partition coefficient (Wildman–Crippen LogP) is 2.32. The van der Waals surface area contributed by atoms with Gasteiger partial charge in [0, 0.05) is 18.5 Å². The van der Waals surface area contributed by atoms with Crippen molar-refractivity contribution in [1.82, 2.24) is 4.98 Å². The predicted molar refractivity (Wildman–Crippen MR) is 76.7 cm³/mol. The molecule has 0 saturated heterocycles. The summed E-state index contributed by atoms with van der Waals surface area (Å²) in [6.45, 7) is 0.619. The molecule has 1 aliphatic carbocycles. The van der Waals surface area contributed by atoms with Crippen LogP contribution in [-0.2, 0) is 6.42 Å². The molecular weight excluding hydrogens is 256 g/mol. The molecule has 2 aromatic rings. The Morgan fingerprint density at radius 1 is 1.35 bits per heavy atom. The summed E-state index contributed by atoms with van der Waals surface area (Å²) in [5.74, 6) is 0.875. The van der Waals surface area contributed by atoms with Crippen LogP contribution in [-0.4, -0.2) is 16.5 Å². The van der Waals surface area contributed by atoms with Crippen LogP contribution < -0.4 is 11.1 Å². The molecular formula is C14H14N4O2. The molecule has 1 unspecified atom stereocenters. The van der Waals surface area contributed by atoms with E-state index in [2.05, 4.69) is 22.4 Å². The standard InChI is InChI=1S/C14H14N4O2/c15-13-6-5-12(18(19)20)14(17-13)16-8-10-7-9-3-1-2-4-11(9)10/h1-6,10H,7-8H2,(H3,15,16,17). The highest BCUT2D eigenvalue weighted by molar-refractivity contribution is 5.59. The Morgan fingerprint density at radius 2 is 2.15 bits per heavy atom. The zero-order valence-corrected chi connectivity index (χ0v) is 10.7. The second kappa shape index (κ2) is 4.80. The highest BCUT2D eigenvalue weighted by Crippen LogP contribution is 2.35. The Balaban J connectivity index is 1.74. The van der Waals surface area contributed by atoms with E-state index in [0.29, 0.717) is 12.5 Å². The average Bonchev–Trinajstić information content (AvgIpc) is 2.39. The number of nitrogens with one attached hydrogen (secondary N) is 1. The van der Waals surface area contributed by atoms with E-state index in [-0.39, 0.29) is 17.3 Å². The summed E-state index contributed by atoms with van der Waals surface area (Å²) in [7, 11) is 0. The van der Waals surface area contributed by atoms with Crippen molar-refractivity contribution >= 4 is 17.3 Å². The fraction of sp³-hybridized carbons (Fsp3) is 0.214. The molecule has 0 fully saturated rings. The molecule has 1 aromatic carbocycles. The van der Waals surface area contributed by atoms with E-state index in [4.69, 9.17) is 5.73 Å². The molecule has 0 bridgehead atoms. The lowest BCUT2D eigenvalue weighted by Crippen LogP contribution is -2.24. The number of nitro groups is 1. The van der Waals surface area contributed by atoms with Crippen LogP contribution in [0.15, 0.2) is 36.4 Å². The maximum absolute atomic E-state index is 10.9. The van der Waals surface area contributed by atoms with Gasteiger partial charge in [0.05, 0.1) is 4.92 Å². The van der Waals surface area contributed by atoms with Crippen LogP contribution in [0.3, 0.4) is 0 Å². The van der Waals surface area contributed by atoms with Gasteiger partial charge in [0.15, 0.2) is 0 Å². The van der Waals surface area contributed by atoms with E-state index in [1.165, 1.54) is 23.3 Å². The minimum Gasteiger partial charge on any atom is -0.384 e. The topological polar surface area (TPSA) is 94.1 Å². The van der Waals surface area contributed by atoms with Crippen molar-refractivity contribution < 1.29 is 4.92 Å². The van der Waals surface area contributed by atoms with E-state index in [0.717, 1.165) is 6.42 Å². The van der Waals surface area contributed by atoms with Gasteiger partial charge in [0.2, 0.25) is 5.82 Å². The smallest absolute Gasteiger partial charge is 0.311 e. The van der Waals surface area contributed by atoms with Crippen LogP contribution in [0, 0.1) is 10.1 Å². The fourth-order valence-electron chi connectivity index (χ4n) is 2.51. The molecule has 1 aromatic heterocycles. The highest BCUT2D eigenvalue weighted by Gasteiger charge is 2.26. The van der Waals surface area contributed by atoms with E-state index in [9.17, 15) is 10.1 Å². The van der Waals surface area contributed by atoms with E-state index < -0.39 is 4.92 Å². The summed E-state index contributed by atoms with van der Waals surface area (Å²) in [4.78, 5) is 14.5. The third kappa shape index (κ3) is 2.16. The lowest BCUT2D eigenvalue weighted by molar-refractivity contribution is -0.384. The summed E-state index contributed by atoms with van der Waals surface area (Å²) in [5.41, 5.74) is 8.17. The number of fused-ring (bicyclic) bond motifs is 1. The maximum atomic E-state index is 10.9. The first kappa shape index (κ1) is 12.4. The normalized spacial score (nSPS) is 16.1. The molecule has 6 heteroatoms. The van der Waals surface area contributed by atoms with E-state index in [1.807, 2.05) is 12.1 Å². The molecule has 20 heavy (non-hydrogen) atoms. The van der Waals surface area contributed by atoms with Gasteiger partial charge in [-0.15, -0.1) is 0 Å². The number of rotatable bonds is 4. The number of anilines is 2. The van der Waals surface area contributed by atoms with Gasteiger partial charge >= 0.3 is 5.69 Å². The van der Waals surface area contributed by atoms with E-state index in [1.54, 1.807) is 0 Å². The van der Waals surface area contributed by atoms with Crippen molar-refractivity contribution in [3.63, 3.8) is 0 Å². The second-order valence-corrected chi connectivity index (χ2v) is 4.84. The van der Waals surface area contributed by atoms with Crippen molar-refractivity contribution in [3.8, 4) is 0 Å². The molecule has 0 saturated carbocycles. The highest BCUT2D eigenvalue weighted by atomic mass is 16.6.